The Morgan fingerprint density at radius 1 is 1.42 bits per heavy atom. The van der Waals surface area contributed by atoms with Crippen LogP contribution in [0.3, 0.4) is 0 Å². The number of rotatable bonds is 5. The highest BCUT2D eigenvalue weighted by atomic mass is 16.5. The number of nitrogens with zero attached hydrogens (tertiary/aromatic N) is 4. The molecule has 8 heteroatoms. The Bertz CT molecular complexity index is 897. The lowest BCUT2D eigenvalue weighted by molar-refractivity contribution is 0.0948. The van der Waals surface area contributed by atoms with E-state index in [0.29, 0.717) is 12.1 Å². The fourth-order valence-corrected chi connectivity index (χ4v) is 3.44. The standard InChI is InChI=1S/C18H20N6O2/c1-26-13-7-12(24(10-13)17-5-6-19-11-21-17)8-20-18(25)14-3-2-4-16-15(14)9-22-23-16/h2-6,9,11-13H,7-8,10H2,1H3,(H,20,25)(H,22,23)/t12-,13-/m1/s1. The Labute approximate surface area is 150 Å². The predicted molar refractivity (Wildman–Crippen MR) is 97.0 cm³/mol. The van der Waals surface area contributed by atoms with Gasteiger partial charge in [-0.2, -0.15) is 5.10 Å². The van der Waals surface area contributed by atoms with E-state index in [9.17, 15) is 4.79 Å². The number of aromatic nitrogens is 4. The molecular formula is C18H20N6O2. The van der Waals surface area contributed by atoms with Crippen LogP contribution in [-0.4, -0.2) is 58.4 Å². The molecule has 8 nitrogen and oxygen atoms in total. The first-order valence-electron chi connectivity index (χ1n) is 8.52. The first kappa shape index (κ1) is 16.5. The van der Waals surface area contributed by atoms with Crippen molar-refractivity contribution in [3.63, 3.8) is 0 Å². The van der Waals surface area contributed by atoms with Crippen LogP contribution >= 0.6 is 0 Å². The molecule has 2 aromatic heterocycles. The third-order valence-electron chi connectivity index (χ3n) is 4.80. The molecule has 134 valence electrons. The van der Waals surface area contributed by atoms with Gasteiger partial charge < -0.3 is 15.0 Å². The summed E-state index contributed by atoms with van der Waals surface area (Å²) in [4.78, 5) is 23.1. The van der Waals surface area contributed by atoms with E-state index in [0.717, 1.165) is 29.7 Å². The minimum Gasteiger partial charge on any atom is -0.380 e. The summed E-state index contributed by atoms with van der Waals surface area (Å²) in [5.74, 6) is 0.733. The maximum atomic E-state index is 12.7. The van der Waals surface area contributed by atoms with Gasteiger partial charge in [0.05, 0.1) is 29.4 Å². The normalized spacial score (nSPS) is 19.8. The first-order chi connectivity index (χ1) is 12.8. The van der Waals surface area contributed by atoms with E-state index >= 15 is 0 Å². The summed E-state index contributed by atoms with van der Waals surface area (Å²) in [7, 11) is 1.71. The van der Waals surface area contributed by atoms with Gasteiger partial charge in [0, 0.05) is 31.8 Å². The number of ether oxygens (including phenoxy) is 1. The number of hydrogen-bond acceptors (Lipinski definition) is 6. The summed E-state index contributed by atoms with van der Waals surface area (Å²) >= 11 is 0. The monoisotopic (exact) mass is 352 g/mol. The smallest absolute Gasteiger partial charge is 0.252 e. The average Bonchev–Trinajstić information content (AvgIpc) is 3.33. The second-order valence-corrected chi connectivity index (χ2v) is 6.31. The van der Waals surface area contributed by atoms with Crippen molar-refractivity contribution < 1.29 is 9.53 Å². The molecule has 0 bridgehead atoms. The van der Waals surface area contributed by atoms with Crippen LogP contribution in [0.1, 0.15) is 16.8 Å². The second kappa shape index (κ2) is 7.09. The number of fused-ring (bicyclic) bond motifs is 1. The van der Waals surface area contributed by atoms with Crippen LogP contribution in [-0.2, 0) is 4.74 Å². The summed E-state index contributed by atoms with van der Waals surface area (Å²) in [6.45, 7) is 1.25. The van der Waals surface area contributed by atoms with Crippen LogP contribution in [0.15, 0.2) is 43.0 Å². The number of anilines is 1. The van der Waals surface area contributed by atoms with Crippen molar-refractivity contribution in [1.29, 1.82) is 0 Å². The third-order valence-corrected chi connectivity index (χ3v) is 4.80. The lowest BCUT2D eigenvalue weighted by Gasteiger charge is -2.25. The van der Waals surface area contributed by atoms with Gasteiger partial charge in [-0.05, 0) is 24.6 Å². The van der Waals surface area contributed by atoms with Crippen molar-refractivity contribution >= 4 is 22.6 Å². The molecule has 1 amide bonds. The number of hydrogen-bond donors (Lipinski definition) is 2. The van der Waals surface area contributed by atoms with Crippen LogP contribution in [0.2, 0.25) is 0 Å². The molecule has 1 aliphatic rings. The maximum Gasteiger partial charge on any atom is 0.252 e. The Morgan fingerprint density at radius 3 is 3.15 bits per heavy atom. The SMILES string of the molecule is CO[C@@H]1C[C@H](CNC(=O)c2cccc3[nH]ncc23)N(c2ccncn2)C1. The number of carbonyl (C=O) groups is 1. The fraction of sp³-hybridized carbons (Fsp3) is 0.333. The predicted octanol–water partition coefficient (Wildman–Crippen LogP) is 1.38. The molecule has 0 aliphatic carbocycles. The van der Waals surface area contributed by atoms with E-state index < -0.39 is 0 Å². The van der Waals surface area contributed by atoms with E-state index in [1.165, 1.54) is 6.33 Å². The number of aromatic amines is 1. The molecule has 1 aromatic carbocycles. The topological polar surface area (TPSA) is 96.0 Å². The van der Waals surface area contributed by atoms with Crippen LogP contribution in [0.4, 0.5) is 5.82 Å². The summed E-state index contributed by atoms with van der Waals surface area (Å²) in [6.07, 6.45) is 5.87. The number of carbonyl (C=O) groups excluding carboxylic acids is 1. The molecular weight excluding hydrogens is 332 g/mol. The summed E-state index contributed by atoms with van der Waals surface area (Å²) in [5, 5.41) is 10.8. The van der Waals surface area contributed by atoms with Crippen molar-refractivity contribution in [2.45, 2.75) is 18.6 Å². The van der Waals surface area contributed by atoms with Gasteiger partial charge in [0.15, 0.2) is 0 Å². The zero-order chi connectivity index (χ0) is 17.9. The van der Waals surface area contributed by atoms with Crippen molar-refractivity contribution in [2.75, 3.05) is 25.1 Å². The summed E-state index contributed by atoms with van der Waals surface area (Å²) in [6, 6.07) is 7.54. The number of benzene rings is 1. The largest absolute Gasteiger partial charge is 0.380 e. The van der Waals surface area contributed by atoms with Crippen molar-refractivity contribution in [3.8, 4) is 0 Å². The molecule has 2 atom stereocenters. The Kier molecular flexibility index (Phi) is 4.49. The Balaban J connectivity index is 1.49. The fourth-order valence-electron chi connectivity index (χ4n) is 3.44. The molecule has 1 fully saturated rings. The van der Waals surface area contributed by atoms with E-state index in [2.05, 4.69) is 30.4 Å². The molecule has 3 aromatic rings. The van der Waals surface area contributed by atoms with Crippen LogP contribution in [0, 0.1) is 0 Å². The number of H-pyrrole nitrogens is 1. The molecule has 1 saturated heterocycles. The van der Waals surface area contributed by atoms with Gasteiger partial charge in [0.2, 0.25) is 0 Å². The van der Waals surface area contributed by atoms with Gasteiger partial charge in [-0.25, -0.2) is 9.97 Å². The number of methoxy groups -OCH3 is 1. The van der Waals surface area contributed by atoms with E-state index in [1.807, 2.05) is 24.3 Å². The minimum absolute atomic E-state index is 0.111. The first-order valence-corrected chi connectivity index (χ1v) is 8.52. The molecule has 2 N–H and O–H groups in total. The van der Waals surface area contributed by atoms with Gasteiger partial charge >= 0.3 is 0 Å². The van der Waals surface area contributed by atoms with Gasteiger partial charge in [-0.15, -0.1) is 0 Å². The average molecular weight is 352 g/mol. The van der Waals surface area contributed by atoms with E-state index in [4.69, 9.17) is 4.74 Å². The van der Waals surface area contributed by atoms with E-state index in [1.54, 1.807) is 19.5 Å². The summed E-state index contributed by atoms with van der Waals surface area (Å²) < 4.78 is 5.52. The molecule has 0 unspecified atom stereocenters. The minimum atomic E-state index is -0.111. The third kappa shape index (κ3) is 3.11. The quantitative estimate of drug-likeness (QED) is 0.720. The van der Waals surface area contributed by atoms with Crippen LogP contribution < -0.4 is 10.2 Å². The lowest BCUT2D eigenvalue weighted by Crippen LogP contribution is -2.40. The van der Waals surface area contributed by atoms with E-state index in [-0.39, 0.29) is 18.1 Å². The molecule has 1 aliphatic heterocycles. The molecule has 3 heterocycles. The molecule has 0 saturated carbocycles. The highest BCUT2D eigenvalue weighted by molar-refractivity contribution is 6.06. The molecule has 4 rings (SSSR count). The highest BCUT2D eigenvalue weighted by Gasteiger charge is 2.33. The Hall–Kier alpha value is -3.00. The Morgan fingerprint density at radius 2 is 2.35 bits per heavy atom. The van der Waals surface area contributed by atoms with Crippen LogP contribution in [0.25, 0.3) is 10.9 Å². The highest BCUT2D eigenvalue weighted by Crippen LogP contribution is 2.25. The number of nitrogens with one attached hydrogen (secondary N) is 2. The van der Waals surface area contributed by atoms with Gasteiger partial charge in [0.25, 0.3) is 5.91 Å². The van der Waals surface area contributed by atoms with Crippen molar-refractivity contribution in [1.82, 2.24) is 25.5 Å². The van der Waals surface area contributed by atoms with Gasteiger partial charge in [-0.3, -0.25) is 9.89 Å². The van der Waals surface area contributed by atoms with Crippen molar-refractivity contribution in [3.05, 3.63) is 48.5 Å². The molecule has 26 heavy (non-hydrogen) atoms. The van der Waals surface area contributed by atoms with Crippen molar-refractivity contribution in [2.24, 2.45) is 0 Å². The van der Waals surface area contributed by atoms with Gasteiger partial charge in [0.1, 0.15) is 12.1 Å². The summed E-state index contributed by atoms with van der Waals surface area (Å²) in [5.41, 5.74) is 1.46. The maximum absolute atomic E-state index is 12.7. The molecule has 0 spiro atoms. The molecule has 0 radical (unpaired) electrons. The van der Waals surface area contributed by atoms with Crippen LogP contribution in [0.5, 0.6) is 0 Å². The number of amides is 1. The second-order valence-electron chi connectivity index (χ2n) is 6.31. The lowest BCUT2D eigenvalue weighted by atomic mass is 10.1. The zero-order valence-electron chi connectivity index (χ0n) is 14.4. The zero-order valence-corrected chi connectivity index (χ0v) is 14.4. The van der Waals surface area contributed by atoms with Gasteiger partial charge in [-0.1, -0.05) is 6.07 Å².